The molecule has 3 amide bonds. The zero-order valence-corrected chi connectivity index (χ0v) is 24.3. The molecule has 2 fully saturated rings. The van der Waals surface area contributed by atoms with Crippen molar-refractivity contribution >= 4 is 35.0 Å². The average Bonchev–Trinajstić information content (AvgIpc) is 3.65. The molecule has 234 valence electrons. The molecule has 2 aromatic carbocycles. The number of hydrogen-bond donors (Lipinski definition) is 3. The molecule has 0 bridgehead atoms. The normalized spacial score (nSPS) is 17.2. The Morgan fingerprint density at radius 1 is 1.09 bits per heavy atom. The van der Waals surface area contributed by atoms with Crippen LogP contribution in [-0.4, -0.2) is 71.0 Å². The van der Waals surface area contributed by atoms with Gasteiger partial charge < -0.3 is 30.2 Å². The molecule has 3 N–H and O–H groups in total. The highest BCUT2D eigenvalue weighted by Crippen LogP contribution is 2.31. The molecule has 2 aliphatic rings. The predicted molar refractivity (Wildman–Crippen MR) is 153 cm³/mol. The summed E-state index contributed by atoms with van der Waals surface area (Å²) in [6, 6.07) is 6.41. The second kappa shape index (κ2) is 13.2. The maximum atomic E-state index is 14.6. The number of rotatable bonds is 8. The molecule has 0 unspecified atom stereocenters. The van der Waals surface area contributed by atoms with E-state index in [1.807, 2.05) is 0 Å². The van der Waals surface area contributed by atoms with E-state index in [1.54, 1.807) is 4.90 Å². The summed E-state index contributed by atoms with van der Waals surface area (Å²) >= 11 is 6.42. The maximum Gasteiger partial charge on any atom is 0.387 e. The van der Waals surface area contributed by atoms with Crippen LogP contribution in [0.4, 0.5) is 23.2 Å². The summed E-state index contributed by atoms with van der Waals surface area (Å²) in [5, 5.41) is 8.99. The number of imidazole rings is 1. The number of nitrogens with zero attached hydrogens (tertiary/aromatic N) is 3. The lowest BCUT2D eigenvalue weighted by molar-refractivity contribution is -0.126. The molecule has 0 aliphatic carbocycles. The van der Waals surface area contributed by atoms with Gasteiger partial charge >= 0.3 is 6.61 Å². The Morgan fingerprint density at radius 2 is 1.84 bits per heavy atom. The van der Waals surface area contributed by atoms with Crippen LogP contribution in [0.1, 0.15) is 40.2 Å². The quantitative estimate of drug-likeness (QED) is 0.319. The van der Waals surface area contributed by atoms with Crippen molar-refractivity contribution in [3.63, 3.8) is 0 Å². The van der Waals surface area contributed by atoms with Crippen LogP contribution in [-0.2, 0) is 11.8 Å². The van der Waals surface area contributed by atoms with Crippen molar-refractivity contribution in [2.75, 3.05) is 31.5 Å². The summed E-state index contributed by atoms with van der Waals surface area (Å²) in [6.45, 7) is -0.876. The summed E-state index contributed by atoms with van der Waals surface area (Å²) in [5.74, 6) is -5.32. The number of carbonyl (C=O) groups is 3. The maximum absolute atomic E-state index is 14.6. The molecule has 44 heavy (non-hydrogen) atoms. The molecule has 2 aliphatic heterocycles. The second-order valence-electron chi connectivity index (χ2n) is 10.6. The summed E-state index contributed by atoms with van der Waals surface area (Å²) in [5.41, 5.74) is 0.176. The molecule has 3 heterocycles. The molecule has 0 spiro atoms. The number of aromatic nitrogens is 2. The Labute approximate surface area is 254 Å². The molecule has 1 atom stereocenters. The van der Waals surface area contributed by atoms with Crippen LogP contribution in [0.2, 0.25) is 5.02 Å². The summed E-state index contributed by atoms with van der Waals surface area (Å²) in [6.07, 6.45) is 3.12. The minimum atomic E-state index is -3.33. The van der Waals surface area contributed by atoms with Gasteiger partial charge in [0, 0.05) is 49.9 Å². The fourth-order valence-electron chi connectivity index (χ4n) is 5.35. The highest BCUT2D eigenvalue weighted by Gasteiger charge is 2.30. The Balaban J connectivity index is 1.21. The van der Waals surface area contributed by atoms with Gasteiger partial charge in [-0.3, -0.25) is 14.4 Å². The molecule has 15 heteroatoms. The fourth-order valence-corrected chi connectivity index (χ4v) is 5.61. The van der Waals surface area contributed by atoms with Gasteiger partial charge in [0.1, 0.15) is 0 Å². The van der Waals surface area contributed by atoms with E-state index in [-0.39, 0.29) is 57.1 Å². The number of likely N-dealkylation sites (tertiary alicyclic amines) is 1. The molecule has 5 rings (SSSR count). The van der Waals surface area contributed by atoms with E-state index < -0.39 is 29.9 Å². The van der Waals surface area contributed by atoms with Crippen LogP contribution < -0.4 is 20.7 Å². The number of halogens is 5. The first-order valence-electron chi connectivity index (χ1n) is 13.9. The Hall–Kier alpha value is -4.17. The Bertz CT molecular complexity index is 1570. The highest BCUT2D eigenvalue weighted by molar-refractivity contribution is 6.34. The first kappa shape index (κ1) is 31.3. The molecule has 3 aromatic rings. The van der Waals surface area contributed by atoms with Crippen LogP contribution in [0, 0.1) is 17.6 Å². The lowest BCUT2D eigenvalue weighted by Crippen LogP contribution is -2.45. The summed E-state index contributed by atoms with van der Waals surface area (Å²) in [4.78, 5) is 44.3. The Morgan fingerprint density at radius 3 is 2.50 bits per heavy atom. The number of anilines is 1. The van der Waals surface area contributed by atoms with Crippen molar-refractivity contribution in [2.24, 2.45) is 13.0 Å². The number of benzene rings is 2. The van der Waals surface area contributed by atoms with Crippen molar-refractivity contribution < 1.29 is 36.7 Å². The van der Waals surface area contributed by atoms with Crippen molar-refractivity contribution in [1.29, 1.82) is 0 Å². The molecule has 0 saturated carbocycles. The second-order valence-corrected chi connectivity index (χ2v) is 11.0. The van der Waals surface area contributed by atoms with Gasteiger partial charge in [-0.25, -0.2) is 9.37 Å². The minimum absolute atomic E-state index is 0.00548. The third-order valence-corrected chi connectivity index (χ3v) is 8.06. The molecular weight excluding hydrogens is 608 g/mol. The van der Waals surface area contributed by atoms with Crippen molar-refractivity contribution in [3.8, 4) is 17.0 Å². The summed E-state index contributed by atoms with van der Waals surface area (Å²) < 4.78 is 59.0. The van der Waals surface area contributed by atoms with Gasteiger partial charge in [0.25, 0.3) is 11.8 Å². The van der Waals surface area contributed by atoms with Gasteiger partial charge in [0.2, 0.25) is 11.7 Å². The molecule has 0 radical (unpaired) electrons. The van der Waals surface area contributed by atoms with Gasteiger partial charge in [-0.1, -0.05) is 11.6 Å². The van der Waals surface area contributed by atoms with Crippen LogP contribution in [0.25, 0.3) is 11.3 Å². The van der Waals surface area contributed by atoms with Crippen molar-refractivity contribution in [2.45, 2.75) is 31.9 Å². The predicted octanol–water partition coefficient (Wildman–Crippen LogP) is 4.20. The van der Waals surface area contributed by atoms with E-state index in [9.17, 15) is 31.9 Å². The van der Waals surface area contributed by atoms with Gasteiger partial charge in [-0.15, -0.1) is 0 Å². The lowest BCUT2D eigenvalue weighted by Gasteiger charge is -2.32. The number of hydrogen-bond acceptors (Lipinski definition) is 6. The average molecular weight is 637 g/mol. The van der Waals surface area contributed by atoms with Gasteiger partial charge in [-0.05, 0) is 56.1 Å². The molecular formula is C29H29ClF4N6O4. The van der Waals surface area contributed by atoms with E-state index in [1.165, 1.54) is 29.8 Å². The smallest absolute Gasteiger partial charge is 0.387 e. The van der Waals surface area contributed by atoms with Gasteiger partial charge in [-0.2, -0.15) is 13.2 Å². The number of piperidine rings is 1. The minimum Gasteiger partial charge on any atom is -0.432 e. The first-order chi connectivity index (χ1) is 21.0. The number of alkyl halides is 2. The van der Waals surface area contributed by atoms with E-state index in [2.05, 4.69) is 25.7 Å². The third-order valence-electron chi connectivity index (χ3n) is 7.75. The molecule has 1 aromatic heterocycles. The first-order valence-corrected chi connectivity index (χ1v) is 14.3. The third kappa shape index (κ3) is 6.65. The van der Waals surface area contributed by atoms with Crippen molar-refractivity contribution in [1.82, 2.24) is 25.1 Å². The molecule has 2 saturated heterocycles. The highest BCUT2D eigenvalue weighted by atomic mass is 35.5. The fraction of sp³-hybridized carbons (Fsp3) is 0.379. The van der Waals surface area contributed by atoms with Crippen LogP contribution in [0.5, 0.6) is 5.75 Å². The van der Waals surface area contributed by atoms with E-state index in [0.29, 0.717) is 25.9 Å². The summed E-state index contributed by atoms with van der Waals surface area (Å²) in [7, 11) is 1.39. The molecule has 10 nitrogen and oxygen atoms in total. The van der Waals surface area contributed by atoms with E-state index in [0.717, 1.165) is 37.8 Å². The standard InChI is InChI=1S/C29H29ClF4N6O4/c1-39-21(19-4-5-22(44-29(33)34)24(32)23(19)31)14-36-25(39)27(42)37-16-2-3-18(20(30)12-16)28(43)40-10-7-15(8-11-40)26(41)38-17-6-9-35-13-17/h2-5,12,14-15,17,29,35H,6-11,13H2,1H3,(H,37,42)(H,38,41)/t17-/m1/s1. The lowest BCUT2D eigenvalue weighted by atomic mass is 9.95. The van der Waals surface area contributed by atoms with Crippen LogP contribution in [0.15, 0.2) is 36.5 Å². The van der Waals surface area contributed by atoms with Crippen molar-refractivity contribution in [3.05, 3.63) is 64.6 Å². The Kier molecular flexibility index (Phi) is 9.39. The monoisotopic (exact) mass is 636 g/mol. The zero-order chi connectivity index (χ0) is 31.5. The van der Waals surface area contributed by atoms with E-state index in [4.69, 9.17) is 11.6 Å². The van der Waals surface area contributed by atoms with Crippen LogP contribution in [0.3, 0.4) is 0 Å². The number of amides is 3. The van der Waals surface area contributed by atoms with Crippen LogP contribution >= 0.6 is 11.6 Å². The van der Waals surface area contributed by atoms with Gasteiger partial charge in [0.05, 0.1) is 22.5 Å². The number of nitrogens with one attached hydrogen (secondary N) is 3. The topological polar surface area (TPSA) is 118 Å². The largest absolute Gasteiger partial charge is 0.432 e. The SMILES string of the molecule is Cn1c(-c2ccc(OC(F)F)c(F)c2F)cnc1C(=O)Nc1ccc(C(=O)N2CCC(C(=O)N[C@@H]3CCNC3)CC2)c(Cl)c1. The number of carbonyl (C=O) groups excluding carboxylic acids is 3. The van der Waals surface area contributed by atoms with Gasteiger partial charge in [0.15, 0.2) is 17.4 Å². The number of ether oxygens (including phenoxy) is 1. The van der Waals surface area contributed by atoms with E-state index >= 15 is 0 Å². The zero-order valence-electron chi connectivity index (χ0n) is 23.5.